The van der Waals surface area contributed by atoms with E-state index in [1.54, 1.807) is 6.07 Å². The fraction of sp³-hybridized carbons (Fsp3) is 0.143. The molecule has 0 radical (unpaired) electrons. The zero-order valence-electron chi connectivity index (χ0n) is 10.8. The molecule has 0 saturated heterocycles. The largest absolute Gasteiger partial charge is 0.377 e. The SMILES string of the molecule is CC(Nc1ccc2[nH]c(=O)[nH]c2c1)c1ccc(F)cn1. The number of aromatic amines is 2. The van der Waals surface area contributed by atoms with E-state index < -0.39 is 0 Å². The van der Waals surface area contributed by atoms with Gasteiger partial charge in [0.05, 0.1) is 29.0 Å². The quantitative estimate of drug-likeness (QED) is 0.686. The van der Waals surface area contributed by atoms with E-state index in [2.05, 4.69) is 20.3 Å². The lowest BCUT2D eigenvalue weighted by atomic mass is 10.2. The number of anilines is 1. The number of rotatable bonds is 3. The highest BCUT2D eigenvalue weighted by Crippen LogP contribution is 2.20. The molecular weight excluding hydrogens is 259 g/mol. The number of benzene rings is 1. The van der Waals surface area contributed by atoms with Gasteiger partial charge in [0.1, 0.15) is 5.82 Å². The van der Waals surface area contributed by atoms with Crippen LogP contribution in [0.15, 0.2) is 41.3 Å². The summed E-state index contributed by atoms with van der Waals surface area (Å²) in [5.41, 5.74) is 2.86. The van der Waals surface area contributed by atoms with Gasteiger partial charge in [-0.15, -0.1) is 0 Å². The summed E-state index contributed by atoms with van der Waals surface area (Å²) in [6, 6.07) is 8.48. The molecule has 3 aromatic rings. The van der Waals surface area contributed by atoms with Crippen molar-refractivity contribution in [2.75, 3.05) is 5.32 Å². The van der Waals surface area contributed by atoms with Gasteiger partial charge in [0.15, 0.2) is 0 Å². The summed E-state index contributed by atoms with van der Waals surface area (Å²) in [7, 11) is 0. The Balaban J connectivity index is 1.84. The molecule has 3 rings (SSSR count). The molecule has 1 atom stereocenters. The molecule has 0 amide bonds. The minimum absolute atomic E-state index is 0.0706. The van der Waals surface area contributed by atoms with Crippen LogP contribution in [0.5, 0.6) is 0 Å². The fourth-order valence-corrected chi connectivity index (χ4v) is 2.09. The summed E-state index contributed by atoms with van der Waals surface area (Å²) in [6.07, 6.45) is 1.19. The summed E-state index contributed by atoms with van der Waals surface area (Å²) in [5, 5.41) is 3.26. The second kappa shape index (κ2) is 4.80. The van der Waals surface area contributed by atoms with Gasteiger partial charge in [-0.25, -0.2) is 9.18 Å². The number of H-pyrrole nitrogens is 2. The van der Waals surface area contributed by atoms with E-state index in [1.807, 2.05) is 25.1 Å². The molecule has 20 heavy (non-hydrogen) atoms. The number of aromatic nitrogens is 3. The summed E-state index contributed by atoms with van der Waals surface area (Å²) in [6.45, 7) is 1.93. The number of halogens is 1. The first-order chi connectivity index (χ1) is 9.61. The second-order valence-corrected chi connectivity index (χ2v) is 4.61. The molecular formula is C14H13FN4O. The van der Waals surface area contributed by atoms with Gasteiger partial charge in [-0.2, -0.15) is 0 Å². The van der Waals surface area contributed by atoms with Gasteiger partial charge in [-0.1, -0.05) is 0 Å². The standard InChI is InChI=1S/C14H13FN4O/c1-8(11-4-2-9(15)7-16-11)17-10-3-5-12-13(6-10)19-14(20)18-12/h2-8,17H,1H3,(H2,18,19,20). The predicted octanol–water partition coefficient (Wildman–Crippen LogP) is 2.56. The van der Waals surface area contributed by atoms with E-state index >= 15 is 0 Å². The molecule has 1 unspecified atom stereocenters. The molecule has 2 heterocycles. The number of fused-ring (bicyclic) bond motifs is 1. The van der Waals surface area contributed by atoms with Gasteiger partial charge in [0.2, 0.25) is 0 Å². The highest BCUT2D eigenvalue weighted by atomic mass is 19.1. The number of nitrogens with one attached hydrogen (secondary N) is 3. The molecule has 2 aromatic heterocycles. The van der Waals surface area contributed by atoms with Gasteiger partial charge in [0, 0.05) is 5.69 Å². The van der Waals surface area contributed by atoms with Crippen molar-refractivity contribution in [3.63, 3.8) is 0 Å². The van der Waals surface area contributed by atoms with Crippen LogP contribution >= 0.6 is 0 Å². The predicted molar refractivity (Wildman–Crippen MR) is 75.2 cm³/mol. The Morgan fingerprint density at radius 3 is 2.75 bits per heavy atom. The van der Waals surface area contributed by atoms with Crippen LogP contribution in [-0.2, 0) is 0 Å². The first-order valence-electron chi connectivity index (χ1n) is 6.22. The Kier molecular flexibility index (Phi) is 2.98. The van der Waals surface area contributed by atoms with Crippen LogP contribution in [0.1, 0.15) is 18.7 Å². The third-order valence-electron chi connectivity index (χ3n) is 3.09. The Bertz CT molecular complexity index is 791. The van der Waals surface area contributed by atoms with E-state index in [0.717, 1.165) is 22.4 Å². The number of hydrogen-bond acceptors (Lipinski definition) is 3. The Morgan fingerprint density at radius 2 is 2.00 bits per heavy atom. The molecule has 0 fully saturated rings. The number of nitrogens with zero attached hydrogens (tertiary/aromatic N) is 1. The van der Waals surface area contributed by atoms with Crippen molar-refractivity contribution in [2.45, 2.75) is 13.0 Å². The highest BCUT2D eigenvalue weighted by Gasteiger charge is 2.08. The molecule has 0 aliphatic carbocycles. The number of imidazole rings is 1. The summed E-state index contributed by atoms with van der Waals surface area (Å²) < 4.78 is 12.8. The number of hydrogen-bond donors (Lipinski definition) is 3. The lowest BCUT2D eigenvalue weighted by Gasteiger charge is -2.14. The summed E-state index contributed by atoms with van der Waals surface area (Å²) in [4.78, 5) is 20.6. The smallest absolute Gasteiger partial charge is 0.323 e. The van der Waals surface area contributed by atoms with Crippen molar-refractivity contribution in [3.8, 4) is 0 Å². The maximum Gasteiger partial charge on any atom is 0.323 e. The van der Waals surface area contributed by atoms with E-state index in [9.17, 15) is 9.18 Å². The zero-order chi connectivity index (χ0) is 14.1. The van der Waals surface area contributed by atoms with Crippen molar-refractivity contribution in [3.05, 3.63) is 58.5 Å². The third-order valence-corrected chi connectivity index (χ3v) is 3.09. The molecule has 102 valence electrons. The Labute approximate surface area is 113 Å². The molecule has 5 nitrogen and oxygen atoms in total. The topological polar surface area (TPSA) is 73.6 Å². The minimum Gasteiger partial charge on any atom is -0.377 e. The maximum absolute atomic E-state index is 12.8. The van der Waals surface area contributed by atoms with Crippen LogP contribution in [0.25, 0.3) is 11.0 Å². The van der Waals surface area contributed by atoms with E-state index in [-0.39, 0.29) is 17.5 Å². The molecule has 0 aliphatic rings. The summed E-state index contributed by atoms with van der Waals surface area (Å²) >= 11 is 0. The van der Waals surface area contributed by atoms with Gasteiger partial charge >= 0.3 is 5.69 Å². The molecule has 3 N–H and O–H groups in total. The second-order valence-electron chi connectivity index (χ2n) is 4.61. The van der Waals surface area contributed by atoms with Crippen molar-refractivity contribution in [1.82, 2.24) is 15.0 Å². The van der Waals surface area contributed by atoms with Gasteiger partial charge < -0.3 is 15.3 Å². The van der Waals surface area contributed by atoms with Gasteiger partial charge in [0.25, 0.3) is 0 Å². The molecule has 6 heteroatoms. The van der Waals surface area contributed by atoms with Crippen LogP contribution in [0, 0.1) is 5.82 Å². The van der Waals surface area contributed by atoms with Crippen molar-refractivity contribution in [2.24, 2.45) is 0 Å². The normalized spacial score (nSPS) is 12.5. The first-order valence-corrected chi connectivity index (χ1v) is 6.22. The van der Waals surface area contributed by atoms with Gasteiger partial charge in [-0.05, 0) is 37.3 Å². The van der Waals surface area contributed by atoms with Crippen molar-refractivity contribution >= 4 is 16.7 Å². The Morgan fingerprint density at radius 1 is 1.20 bits per heavy atom. The maximum atomic E-state index is 12.8. The lowest BCUT2D eigenvalue weighted by molar-refractivity contribution is 0.617. The molecule has 0 spiro atoms. The van der Waals surface area contributed by atoms with E-state index in [4.69, 9.17) is 0 Å². The van der Waals surface area contributed by atoms with Crippen molar-refractivity contribution < 1.29 is 4.39 Å². The molecule has 0 bridgehead atoms. The van der Waals surface area contributed by atoms with Crippen LogP contribution in [0.3, 0.4) is 0 Å². The van der Waals surface area contributed by atoms with E-state index in [0.29, 0.717) is 0 Å². The monoisotopic (exact) mass is 272 g/mol. The molecule has 1 aromatic carbocycles. The van der Waals surface area contributed by atoms with Gasteiger partial charge in [-0.3, -0.25) is 4.98 Å². The fourth-order valence-electron chi connectivity index (χ4n) is 2.09. The van der Waals surface area contributed by atoms with Crippen LogP contribution in [-0.4, -0.2) is 15.0 Å². The molecule has 0 aliphatic heterocycles. The van der Waals surface area contributed by atoms with Crippen LogP contribution < -0.4 is 11.0 Å². The van der Waals surface area contributed by atoms with Crippen molar-refractivity contribution in [1.29, 1.82) is 0 Å². The summed E-state index contributed by atoms with van der Waals surface area (Å²) in [5.74, 6) is -0.354. The zero-order valence-corrected chi connectivity index (χ0v) is 10.8. The van der Waals surface area contributed by atoms with E-state index in [1.165, 1.54) is 12.3 Å². The van der Waals surface area contributed by atoms with Crippen LogP contribution in [0.2, 0.25) is 0 Å². The number of pyridine rings is 1. The lowest BCUT2D eigenvalue weighted by Crippen LogP contribution is -2.08. The average Bonchev–Trinajstić information content (AvgIpc) is 2.78. The molecule has 0 saturated carbocycles. The highest BCUT2D eigenvalue weighted by molar-refractivity contribution is 5.78. The first kappa shape index (κ1) is 12.4. The minimum atomic E-state index is -0.354. The Hall–Kier alpha value is -2.63. The third kappa shape index (κ3) is 2.40. The van der Waals surface area contributed by atoms with Crippen LogP contribution in [0.4, 0.5) is 10.1 Å². The average molecular weight is 272 g/mol.